The fourth-order valence-corrected chi connectivity index (χ4v) is 1.90. The van der Waals surface area contributed by atoms with Crippen molar-refractivity contribution in [2.45, 2.75) is 6.42 Å². The maximum Gasteiger partial charge on any atom is 0.146 e. The van der Waals surface area contributed by atoms with Crippen molar-refractivity contribution in [3.63, 3.8) is 0 Å². The molecule has 0 saturated heterocycles. The van der Waals surface area contributed by atoms with Crippen LogP contribution in [0.25, 0.3) is 10.9 Å². The topological polar surface area (TPSA) is 37.0 Å². The molecule has 0 bridgehead atoms. The van der Waals surface area contributed by atoms with Crippen molar-refractivity contribution in [2.24, 2.45) is 0 Å². The standard InChI is InChI=1S/C11H14N2OS/c1-12-6-5-8-7-13-9-3-2-4-10(14-15)11(8)9/h2-4,7,12-13,15H,5-6H2,1H3. The van der Waals surface area contributed by atoms with E-state index in [-0.39, 0.29) is 0 Å². The third kappa shape index (κ3) is 1.96. The number of rotatable bonds is 4. The van der Waals surface area contributed by atoms with E-state index in [1.807, 2.05) is 31.4 Å². The highest BCUT2D eigenvalue weighted by atomic mass is 32.1. The molecule has 0 unspecified atom stereocenters. The highest BCUT2D eigenvalue weighted by Gasteiger charge is 2.08. The van der Waals surface area contributed by atoms with Crippen LogP contribution < -0.4 is 9.50 Å². The Bertz CT molecular complexity index is 453. The van der Waals surface area contributed by atoms with E-state index in [2.05, 4.69) is 23.2 Å². The van der Waals surface area contributed by atoms with Crippen LogP contribution in [0, 0.1) is 0 Å². The largest absolute Gasteiger partial charge is 0.428 e. The minimum Gasteiger partial charge on any atom is -0.428 e. The van der Waals surface area contributed by atoms with Crippen LogP contribution in [-0.4, -0.2) is 18.6 Å². The van der Waals surface area contributed by atoms with E-state index in [0.29, 0.717) is 0 Å². The smallest absolute Gasteiger partial charge is 0.146 e. The van der Waals surface area contributed by atoms with Gasteiger partial charge in [0, 0.05) is 30.0 Å². The van der Waals surface area contributed by atoms with Gasteiger partial charge in [0.15, 0.2) is 0 Å². The van der Waals surface area contributed by atoms with Gasteiger partial charge in [-0.05, 0) is 37.7 Å². The number of benzene rings is 1. The van der Waals surface area contributed by atoms with Gasteiger partial charge in [0.1, 0.15) is 5.75 Å². The zero-order valence-corrected chi connectivity index (χ0v) is 9.47. The molecular formula is C11H14N2OS. The average Bonchev–Trinajstić information content (AvgIpc) is 2.69. The van der Waals surface area contributed by atoms with Crippen molar-refractivity contribution in [1.82, 2.24) is 10.3 Å². The van der Waals surface area contributed by atoms with Gasteiger partial charge in [0.2, 0.25) is 0 Å². The zero-order valence-electron chi connectivity index (χ0n) is 8.58. The molecule has 0 radical (unpaired) electrons. The Morgan fingerprint density at radius 3 is 3.07 bits per heavy atom. The van der Waals surface area contributed by atoms with E-state index in [1.54, 1.807) is 0 Å². The number of thiol groups is 1. The maximum absolute atomic E-state index is 5.06. The molecule has 15 heavy (non-hydrogen) atoms. The summed E-state index contributed by atoms with van der Waals surface area (Å²) >= 11 is 3.87. The van der Waals surface area contributed by atoms with Crippen LogP contribution in [0.3, 0.4) is 0 Å². The molecule has 0 aliphatic rings. The van der Waals surface area contributed by atoms with Crippen molar-refractivity contribution < 1.29 is 4.18 Å². The molecule has 1 aromatic heterocycles. The number of hydrogen-bond donors (Lipinski definition) is 3. The molecule has 0 fully saturated rings. The first-order valence-corrected chi connectivity index (χ1v) is 5.28. The fourth-order valence-electron chi connectivity index (χ4n) is 1.75. The van der Waals surface area contributed by atoms with Crippen LogP contribution in [-0.2, 0) is 6.42 Å². The van der Waals surface area contributed by atoms with Gasteiger partial charge in [-0.3, -0.25) is 0 Å². The first-order valence-electron chi connectivity index (χ1n) is 4.92. The van der Waals surface area contributed by atoms with E-state index in [0.717, 1.165) is 29.6 Å². The molecule has 4 heteroatoms. The Kier molecular flexibility index (Phi) is 3.18. The zero-order chi connectivity index (χ0) is 10.7. The predicted octanol–water partition coefficient (Wildman–Crippen LogP) is 2.15. The Hall–Kier alpha value is -1.13. The molecule has 1 heterocycles. The Labute approximate surface area is 94.4 Å². The van der Waals surface area contributed by atoms with Gasteiger partial charge in [-0.1, -0.05) is 6.07 Å². The number of H-pyrrole nitrogens is 1. The lowest BCUT2D eigenvalue weighted by Gasteiger charge is -2.03. The lowest BCUT2D eigenvalue weighted by Crippen LogP contribution is -2.09. The normalized spacial score (nSPS) is 10.8. The Morgan fingerprint density at radius 1 is 1.47 bits per heavy atom. The molecule has 2 rings (SSSR count). The number of nitrogens with one attached hydrogen (secondary N) is 2. The lowest BCUT2D eigenvalue weighted by molar-refractivity contribution is 0.666. The summed E-state index contributed by atoms with van der Waals surface area (Å²) < 4.78 is 5.06. The van der Waals surface area contributed by atoms with Crippen LogP contribution in [0.1, 0.15) is 5.56 Å². The fraction of sp³-hybridized carbons (Fsp3) is 0.273. The van der Waals surface area contributed by atoms with Gasteiger partial charge in [-0.25, -0.2) is 0 Å². The van der Waals surface area contributed by atoms with E-state index in [1.165, 1.54) is 5.56 Å². The third-order valence-corrected chi connectivity index (χ3v) is 2.69. The summed E-state index contributed by atoms with van der Waals surface area (Å²) in [6.07, 6.45) is 3.00. The summed E-state index contributed by atoms with van der Waals surface area (Å²) in [6.45, 7) is 0.952. The van der Waals surface area contributed by atoms with Crippen molar-refractivity contribution in [1.29, 1.82) is 0 Å². The first-order chi connectivity index (χ1) is 7.36. The van der Waals surface area contributed by atoms with Gasteiger partial charge in [-0.2, -0.15) is 0 Å². The SMILES string of the molecule is CNCCc1c[nH]c2cccc(OS)c12. The molecular weight excluding hydrogens is 208 g/mol. The van der Waals surface area contributed by atoms with Crippen molar-refractivity contribution in [3.8, 4) is 5.75 Å². The molecule has 2 N–H and O–H groups in total. The van der Waals surface area contributed by atoms with Crippen LogP contribution in [0.5, 0.6) is 5.75 Å². The summed E-state index contributed by atoms with van der Waals surface area (Å²) in [5.41, 5.74) is 2.34. The van der Waals surface area contributed by atoms with E-state index < -0.39 is 0 Å². The van der Waals surface area contributed by atoms with Crippen LogP contribution >= 0.6 is 12.9 Å². The number of aromatic nitrogens is 1. The van der Waals surface area contributed by atoms with Crippen LogP contribution in [0.15, 0.2) is 24.4 Å². The molecule has 80 valence electrons. The van der Waals surface area contributed by atoms with E-state index in [4.69, 9.17) is 4.18 Å². The molecule has 0 atom stereocenters. The van der Waals surface area contributed by atoms with Gasteiger partial charge in [0.25, 0.3) is 0 Å². The predicted molar refractivity (Wildman–Crippen MR) is 65.5 cm³/mol. The van der Waals surface area contributed by atoms with Crippen molar-refractivity contribution in [2.75, 3.05) is 13.6 Å². The van der Waals surface area contributed by atoms with Crippen molar-refractivity contribution >= 4 is 23.8 Å². The second kappa shape index (κ2) is 4.59. The summed E-state index contributed by atoms with van der Waals surface area (Å²) in [4.78, 5) is 3.23. The van der Waals surface area contributed by atoms with Crippen molar-refractivity contribution in [3.05, 3.63) is 30.0 Å². The molecule has 0 spiro atoms. The second-order valence-corrected chi connectivity index (χ2v) is 3.62. The minimum atomic E-state index is 0.809. The first kappa shape index (κ1) is 10.4. The lowest BCUT2D eigenvalue weighted by atomic mass is 10.1. The Balaban J connectivity index is 2.46. The highest BCUT2D eigenvalue weighted by molar-refractivity contribution is 7.75. The molecule has 0 saturated carbocycles. The molecule has 3 nitrogen and oxygen atoms in total. The molecule has 0 amide bonds. The quantitative estimate of drug-likeness (QED) is 0.547. The van der Waals surface area contributed by atoms with Gasteiger partial charge >= 0.3 is 0 Å². The highest BCUT2D eigenvalue weighted by Crippen LogP contribution is 2.29. The number of aromatic amines is 1. The maximum atomic E-state index is 5.06. The number of hydrogen-bond acceptors (Lipinski definition) is 3. The number of likely N-dealkylation sites (N-methyl/N-ethyl adjacent to an activating group) is 1. The number of fused-ring (bicyclic) bond motifs is 1. The second-order valence-electron chi connectivity index (χ2n) is 3.44. The molecule has 0 aliphatic carbocycles. The summed E-state index contributed by atoms with van der Waals surface area (Å²) in [6, 6.07) is 5.91. The van der Waals surface area contributed by atoms with E-state index in [9.17, 15) is 0 Å². The van der Waals surface area contributed by atoms with Gasteiger partial charge in [0.05, 0.1) is 0 Å². The molecule has 2 aromatic rings. The van der Waals surface area contributed by atoms with Gasteiger partial charge < -0.3 is 14.5 Å². The summed E-state index contributed by atoms with van der Waals surface area (Å²) in [7, 11) is 1.95. The average molecular weight is 222 g/mol. The molecule has 1 aromatic carbocycles. The summed E-state index contributed by atoms with van der Waals surface area (Å²) in [5, 5.41) is 4.26. The summed E-state index contributed by atoms with van der Waals surface area (Å²) in [5.74, 6) is 0.809. The van der Waals surface area contributed by atoms with Gasteiger partial charge in [-0.15, -0.1) is 0 Å². The monoisotopic (exact) mass is 222 g/mol. The Morgan fingerprint density at radius 2 is 2.33 bits per heavy atom. The minimum absolute atomic E-state index is 0.809. The molecule has 0 aliphatic heterocycles. The van der Waals surface area contributed by atoms with E-state index >= 15 is 0 Å². The van der Waals surface area contributed by atoms with Crippen LogP contribution in [0.2, 0.25) is 0 Å². The van der Waals surface area contributed by atoms with Crippen LogP contribution in [0.4, 0.5) is 0 Å². The third-order valence-electron chi connectivity index (χ3n) is 2.49.